The largest absolute Gasteiger partial charge is 0.481 e. The average Bonchev–Trinajstić information content (AvgIpc) is 2.87. The molecule has 0 fully saturated rings. The lowest BCUT2D eigenvalue weighted by Crippen LogP contribution is -2.15. The minimum Gasteiger partial charge on any atom is -0.481 e. The number of nitrogens with zero attached hydrogens (tertiary/aromatic N) is 3. The van der Waals surface area contributed by atoms with Crippen LogP contribution in [-0.4, -0.2) is 28.5 Å². The smallest absolute Gasteiger partial charge is 0.307 e. The van der Waals surface area contributed by atoms with Crippen molar-refractivity contribution in [1.82, 2.24) is 8.96 Å². The number of carboxylic acids is 1. The van der Waals surface area contributed by atoms with Gasteiger partial charge < -0.3 is 5.11 Å². The van der Waals surface area contributed by atoms with E-state index in [9.17, 15) is 13.2 Å². The van der Waals surface area contributed by atoms with Crippen molar-refractivity contribution in [2.24, 2.45) is 0 Å². The number of aliphatic carboxylic acids is 1. The number of aromatic nitrogens is 2. The highest BCUT2D eigenvalue weighted by atomic mass is 35.5. The lowest BCUT2D eigenvalue weighted by molar-refractivity contribution is -0.136. The van der Waals surface area contributed by atoms with Crippen LogP contribution in [0.3, 0.4) is 0 Å². The standard InChI is InChI=1S/C17H12ClN3O4S/c1-10-14(8-16(22)23)13-3-2-6-20-17(13)21(10)26(24,25)12-5-4-11(9-19)15(18)7-12/h2-7H,8H2,1H3,(H,22,23). The van der Waals surface area contributed by atoms with Crippen LogP contribution in [-0.2, 0) is 21.2 Å². The molecule has 0 aliphatic carbocycles. The van der Waals surface area contributed by atoms with Gasteiger partial charge in [-0.25, -0.2) is 17.4 Å². The molecule has 7 nitrogen and oxygen atoms in total. The molecule has 0 amide bonds. The highest BCUT2D eigenvalue weighted by molar-refractivity contribution is 7.90. The van der Waals surface area contributed by atoms with Crippen molar-refractivity contribution in [3.63, 3.8) is 0 Å². The first-order valence-corrected chi connectivity index (χ1v) is 9.21. The van der Waals surface area contributed by atoms with Crippen molar-refractivity contribution < 1.29 is 18.3 Å². The van der Waals surface area contributed by atoms with E-state index in [0.29, 0.717) is 10.9 Å². The molecule has 0 aliphatic rings. The molecule has 132 valence electrons. The second kappa shape index (κ2) is 6.44. The van der Waals surface area contributed by atoms with Crippen molar-refractivity contribution in [1.29, 1.82) is 5.26 Å². The molecule has 2 aromatic heterocycles. The van der Waals surface area contributed by atoms with E-state index in [0.717, 1.165) is 3.97 Å². The Morgan fingerprint density at radius 3 is 2.73 bits per heavy atom. The molecule has 2 heterocycles. The topological polar surface area (TPSA) is 113 Å². The van der Waals surface area contributed by atoms with Crippen molar-refractivity contribution in [3.8, 4) is 6.07 Å². The molecule has 1 aromatic carbocycles. The molecule has 0 atom stereocenters. The van der Waals surface area contributed by atoms with Crippen LogP contribution in [0.4, 0.5) is 0 Å². The van der Waals surface area contributed by atoms with Gasteiger partial charge in [0.15, 0.2) is 5.65 Å². The summed E-state index contributed by atoms with van der Waals surface area (Å²) in [7, 11) is -4.09. The third-order valence-corrected chi connectivity index (χ3v) is 6.06. The highest BCUT2D eigenvalue weighted by Gasteiger charge is 2.27. The Kier molecular flexibility index (Phi) is 4.44. The molecule has 0 saturated heterocycles. The Bertz CT molecular complexity index is 1190. The van der Waals surface area contributed by atoms with Crippen LogP contribution in [0.2, 0.25) is 5.02 Å². The molecule has 3 aromatic rings. The first-order valence-electron chi connectivity index (χ1n) is 7.39. The summed E-state index contributed by atoms with van der Waals surface area (Å²) in [6.07, 6.45) is 1.11. The molecule has 0 spiro atoms. The summed E-state index contributed by atoms with van der Waals surface area (Å²) in [6.45, 7) is 1.53. The molecule has 1 N–H and O–H groups in total. The second-order valence-corrected chi connectivity index (χ2v) is 7.73. The summed E-state index contributed by atoms with van der Waals surface area (Å²) < 4.78 is 27.3. The summed E-state index contributed by atoms with van der Waals surface area (Å²) in [5, 5.41) is 18.6. The first kappa shape index (κ1) is 17.9. The predicted octanol–water partition coefficient (Wildman–Crippen LogP) is 2.73. The third-order valence-electron chi connectivity index (χ3n) is 3.97. The van der Waals surface area contributed by atoms with Crippen molar-refractivity contribution in [2.75, 3.05) is 0 Å². The molecule has 0 saturated carbocycles. The highest BCUT2D eigenvalue weighted by Crippen LogP contribution is 2.30. The maximum atomic E-state index is 13.2. The molecule has 3 rings (SSSR count). The van der Waals surface area contributed by atoms with Gasteiger partial charge in [0.25, 0.3) is 10.0 Å². The molecule has 0 aliphatic heterocycles. The normalized spacial score (nSPS) is 11.4. The SMILES string of the molecule is Cc1c(CC(=O)O)c2cccnc2n1S(=O)(=O)c1ccc(C#N)c(Cl)c1. The quantitative estimate of drug-likeness (QED) is 0.733. The molecular weight excluding hydrogens is 378 g/mol. The van der Waals surface area contributed by atoms with Crippen LogP contribution in [0, 0.1) is 18.3 Å². The van der Waals surface area contributed by atoms with Gasteiger partial charge >= 0.3 is 5.97 Å². The minimum atomic E-state index is -4.09. The zero-order chi connectivity index (χ0) is 19.1. The summed E-state index contributed by atoms with van der Waals surface area (Å²) >= 11 is 5.97. The Labute approximate surface area is 154 Å². The number of carbonyl (C=O) groups is 1. The summed E-state index contributed by atoms with van der Waals surface area (Å²) in [6, 6.07) is 8.91. The fourth-order valence-corrected chi connectivity index (χ4v) is 4.64. The zero-order valence-corrected chi connectivity index (χ0v) is 15.0. The molecule has 26 heavy (non-hydrogen) atoms. The third kappa shape index (κ3) is 2.81. The number of fused-ring (bicyclic) bond motifs is 1. The van der Waals surface area contributed by atoms with Crippen LogP contribution >= 0.6 is 11.6 Å². The predicted molar refractivity (Wildman–Crippen MR) is 94.6 cm³/mol. The molecule has 0 radical (unpaired) electrons. The van der Waals surface area contributed by atoms with Crippen LogP contribution in [0.25, 0.3) is 11.0 Å². The zero-order valence-electron chi connectivity index (χ0n) is 13.5. The van der Waals surface area contributed by atoms with Crippen LogP contribution in [0.5, 0.6) is 0 Å². The number of hydrogen-bond acceptors (Lipinski definition) is 5. The van der Waals surface area contributed by atoms with Crippen LogP contribution < -0.4 is 0 Å². The lowest BCUT2D eigenvalue weighted by atomic mass is 10.1. The molecule has 0 unspecified atom stereocenters. The summed E-state index contributed by atoms with van der Waals surface area (Å²) in [4.78, 5) is 15.2. The number of halogens is 1. The van der Waals surface area contributed by atoms with Gasteiger partial charge in [0.1, 0.15) is 6.07 Å². The summed E-state index contributed by atoms with van der Waals surface area (Å²) in [5.41, 5.74) is 0.941. The number of benzene rings is 1. The van der Waals surface area contributed by atoms with E-state index in [1.165, 1.54) is 31.3 Å². The molecule has 9 heteroatoms. The number of nitriles is 1. The lowest BCUT2D eigenvalue weighted by Gasteiger charge is -2.10. The number of carboxylic acid groups (broad SMARTS) is 1. The van der Waals surface area contributed by atoms with Gasteiger partial charge in [-0.05, 0) is 42.8 Å². The number of pyridine rings is 1. The fourth-order valence-electron chi connectivity index (χ4n) is 2.79. The fraction of sp³-hybridized carbons (Fsp3) is 0.118. The van der Waals surface area contributed by atoms with E-state index < -0.39 is 16.0 Å². The van der Waals surface area contributed by atoms with E-state index in [1.807, 2.05) is 6.07 Å². The van der Waals surface area contributed by atoms with Gasteiger partial charge in [-0.15, -0.1) is 0 Å². The van der Waals surface area contributed by atoms with Gasteiger partial charge in [-0.1, -0.05) is 11.6 Å². The van der Waals surface area contributed by atoms with E-state index in [-0.39, 0.29) is 33.2 Å². The average molecular weight is 390 g/mol. The van der Waals surface area contributed by atoms with Crippen molar-refractivity contribution >= 4 is 38.6 Å². The second-order valence-electron chi connectivity index (χ2n) is 5.53. The maximum Gasteiger partial charge on any atom is 0.307 e. The number of rotatable bonds is 4. The van der Waals surface area contributed by atoms with Gasteiger partial charge in [-0.2, -0.15) is 5.26 Å². The minimum absolute atomic E-state index is 0.0152. The molecule has 0 bridgehead atoms. The Hall–Kier alpha value is -2.89. The van der Waals surface area contributed by atoms with E-state index in [1.54, 1.807) is 12.1 Å². The van der Waals surface area contributed by atoms with Gasteiger partial charge in [0.05, 0.1) is 21.9 Å². The Balaban J connectivity index is 2.31. The van der Waals surface area contributed by atoms with Crippen LogP contribution in [0.15, 0.2) is 41.4 Å². The van der Waals surface area contributed by atoms with E-state index >= 15 is 0 Å². The summed E-state index contributed by atoms with van der Waals surface area (Å²) in [5.74, 6) is -1.07. The van der Waals surface area contributed by atoms with Crippen LogP contribution in [0.1, 0.15) is 16.8 Å². The Morgan fingerprint density at radius 2 is 2.12 bits per heavy atom. The van der Waals surface area contributed by atoms with Crippen molar-refractivity contribution in [2.45, 2.75) is 18.2 Å². The Morgan fingerprint density at radius 1 is 1.38 bits per heavy atom. The number of hydrogen-bond donors (Lipinski definition) is 1. The van der Waals surface area contributed by atoms with Gasteiger partial charge in [0.2, 0.25) is 0 Å². The van der Waals surface area contributed by atoms with Gasteiger partial charge in [0, 0.05) is 17.3 Å². The monoisotopic (exact) mass is 389 g/mol. The van der Waals surface area contributed by atoms with E-state index in [2.05, 4.69) is 4.98 Å². The van der Waals surface area contributed by atoms with Gasteiger partial charge in [-0.3, -0.25) is 4.79 Å². The maximum absolute atomic E-state index is 13.2. The first-order chi connectivity index (χ1) is 12.3. The molecular formula is C17H12ClN3O4S. The van der Waals surface area contributed by atoms with E-state index in [4.69, 9.17) is 22.0 Å². The van der Waals surface area contributed by atoms with Crippen molar-refractivity contribution in [3.05, 3.63) is 58.4 Å².